The minimum absolute atomic E-state index is 0.0419. The molecule has 2 amide bonds. The molecule has 0 radical (unpaired) electrons. The Morgan fingerprint density at radius 1 is 1.12 bits per heavy atom. The van der Waals surface area contributed by atoms with Crippen LogP contribution < -0.4 is 16.0 Å². The highest BCUT2D eigenvalue weighted by Gasteiger charge is 2.09. The molecule has 0 aliphatic heterocycles. The second kappa shape index (κ2) is 7.77. The van der Waals surface area contributed by atoms with Crippen LogP contribution in [0.5, 0.6) is 0 Å². The van der Waals surface area contributed by atoms with Gasteiger partial charge in [0.15, 0.2) is 0 Å². The van der Waals surface area contributed by atoms with Crippen molar-refractivity contribution in [2.24, 2.45) is 0 Å². The number of hydrogen-bond acceptors (Lipinski definition) is 5. The lowest BCUT2D eigenvalue weighted by Crippen LogP contribution is -2.34. The van der Waals surface area contributed by atoms with E-state index in [0.717, 1.165) is 22.2 Å². The summed E-state index contributed by atoms with van der Waals surface area (Å²) in [5.41, 5.74) is 2.79. The third-order valence-corrected chi connectivity index (χ3v) is 3.80. The molecule has 0 bridgehead atoms. The number of pyridine rings is 1. The molecule has 134 valence electrons. The van der Waals surface area contributed by atoms with Gasteiger partial charge in [-0.15, -0.1) is 0 Å². The monoisotopic (exact) mass is 350 g/mol. The Morgan fingerprint density at radius 2 is 1.96 bits per heavy atom. The quantitative estimate of drug-likeness (QED) is 0.652. The van der Waals surface area contributed by atoms with Gasteiger partial charge in [-0.3, -0.25) is 10.3 Å². The molecule has 0 spiro atoms. The maximum atomic E-state index is 11.8. The summed E-state index contributed by atoms with van der Waals surface area (Å²) in [6, 6.07) is 9.65. The van der Waals surface area contributed by atoms with Crippen molar-refractivity contribution in [3.8, 4) is 0 Å². The van der Waals surface area contributed by atoms with Crippen LogP contribution in [-0.2, 0) is 0 Å². The molecule has 1 atom stereocenters. The van der Waals surface area contributed by atoms with E-state index in [1.807, 2.05) is 50.4 Å². The van der Waals surface area contributed by atoms with Crippen LogP contribution in [0.2, 0.25) is 0 Å². The Hall–Kier alpha value is -3.22. The fourth-order valence-electron chi connectivity index (χ4n) is 2.54. The number of nitrogens with zero attached hydrogens (tertiary/aromatic N) is 3. The number of anilines is 2. The molecule has 2 aromatic heterocycles. The van der Waals surface area contributed by atoms with Gasteiger partial charge in [0.25, 0.3) is 0 Å². The highest BCUT2D eigenvalue weighted by atomic mass is 16.2. The summed E-state index contributed by atoms with van der Waals surface area (Å²) < 4.78 is 0. The van der Waals surface area contributed by atoms with E-state index in [1.165, 1.54) is 0 Å². The SMILES string of the molecule is CC(C)NC(=O)Nc1ncc2ccc(NC(C)c3cccnc3)cc2n1. The number of benzene rings is 1. The molecule has 3 N–H and O–H groups in total. The second-order valence-electron chi connectivity index (χ2n) is 6.37. The average Bonchev–Trinajstić information content (AvgIpc) is 2.61. The van der Waals surface area contributed by atoms with E-state index < -0.39 is 0 Å². The number of aromatic nitrogens is 3. The lowest BCUT2D eigenvalue weighted by Gasteiger charge is -2.15. The number of fused-ring (bicyclic) bond motifs is 1. The van der Waals surface area contributed by atoms with Crippen molar-refractivity contribution in [2.75, 3.05) is 10.6 Å². The van der Waals surface area contributed by atoms with Gasteiger partial charge in [0, 0.05) is 35.7 Å². The summed E-state index contributed by atoms with van der Waals surface area (Å²) in [6.07, 6.45) is 5.30. The van der Waals surface area contributed by atoms with Crippen molar-refractivity contribution in [3.05, 3.63) is 54.5 Å². The first kappa shape index (κ1) is 17.6. The first-order valence-corrected chi connectivity index (χ1v) is 8.52. The average molecular weight is 350 g/mol. The van der Waals surface area contributed by atoms with Crippen LogP contribution >= 0.6 is 0 Å². The van der Waals surface area contributed by atoms with Gasteiger partial charge in [-0.25, -0.2) is 14.8 Å². The zero-order valence-corrected chi connectivity index (χ0v) is 15.0. The Kier molecular flexibility index (Phi) is 5.26. The van der Waals surface area contributed by atoms with Gasteiger partial charge >= 0.3 is 6.03 Å². The van der Waals surface area contributed by atoms with E-state index in [2.05, 4.69) is 37.8 Å². The Balaban J connectivity index is 1.77. The molecular formula is C19H22N6O. The molecule has 1 unspecified atom stereocenters. The topological polar surface area (TPSA) is 91.8 Å². The number of carbonyl (C=O) groups is 1. The van der Waals surface area contributed by atoms with Crippen molar-refractivity contribution in [2.45, 2.75) is 32.9 Å². The number of nitrogens with one attached hydrogen (secondary N) is 3. The van der Waals surface area contributed by atoms with Gasteiger partial charge in [-0.2, -0.15) is 0 Å². The number of carbonyl (C=O) groups excluding carboxylic acids is 1. The third kappa shape index (κ3) is 4.44. The van der Waals surface area contributed by atoms with Crippen LogP contribution in [0.4, 0.5) is 16.4 Å². The van der Waals surface area contributed by atoms with Gasteiger partial charge < -0.3 is 10.6 Å². The van der Waals surface area contributed by atoms with E-state index >= 15 is 0 Å². The van der Waals surface area contributed by atoms with Crippen LogP contribution in [0.25, 0.3) is 10.9 Å². The summed E-state index contributed by atoms with van der Waals surface area (Å²) in [5.74, 6) is 0.271. The zero-order valence-electron chi connectivity index (χ0n) is 15.0. The van der Waals surface area contributed by atoms with Crippen LogP contribution in [0.15, 0.2) is 48.9 Å². The maximum absolute atomic E-state index is 11.8. The first-order chi connectivity index (χ1) is 12.5. The molecule has 1 aromatic carbocycles. The molecule has 0 aliphatic rings. The molecule has 0 saturated carbocycles. The van der Waals surface area contributed by atoms with E-state index in [0.29, 0.717) is 0 Å². The molecule has 3 rings (SSSR count). The van der Waals surface area contributed by atoms with E-state index in [9.17, 15) is 4.79 Å². The first-order valence-electron chi connectivity index (χ1n) is 8.52. The maximum Gasteiger partial charge on any atom is 0.321 e. The fraction of sp³-hybridized carbons (Fsp3) is 0.263. The standard InChI is InChI=1S/C19H22N6O/c1-12(2)22-19(26)25-18-21-11-15-6-7-16(9-17(15)24-18)23-13(3)14-5-4-8-20-10-14/h4-13,23H,1-3H3,(H2,21,22,24,25,26). The largest absolute Gasteiger partial charge is 0.378 e. The molecule has 0 saturated heterocycles. The Bertz CT molecular complexity index is 897. The molecule has 0 fully saturated rings. The molecule has 26 heavy (non-hydrogen) atoms. The summed E-state index contributed by atoms with van der Waals surface area (Å²) in [6.45, 7) is 5.86. The highest BCUT2D eigenvalue weighted by molar-refractivity contribution is 5.89. The smallest absolute Gasteiger partial charge is 0.321 e. The molecule has 3 aromatic rings. The van der Waals surface area contributed by atoms with Crippen molar-refractivity contribution in [1.82, 2.24) is 20.3 Å². The molecule has 2 heterocycles. The lowest BCUT2D eigenvalue weighted by atomic mass is 10.1. The van der Waals surface area contributed by atoms with Crippen molar-refractivity contribution in [1.29, 1.82) is 0 Å². The Labute approximate surface area is 152 Å². The van der Waals surface area contributed by atoms with Gasteiger partial charge in [0.1, 0.15) is 0 Å². The normalized spacial score (nSPS) is 12.0. The van der Waals surface area contributed by atoms with Gasteiger partial charge in [0.05, 0.1) is 11.6 Å². The van der Waals surface area contributed by atoms with Gasteiger partial charge in [-0.05, 0) is 50.6 Å². The predicted molar refractivity (Wildman–Crippen MR) is 103 cm³/mol. The second-order valence-corrected chi connectivity index (χ2v) is 6.37. The van der Waals surface area contributed by atoms with Crippen LogP contribution in [0.3, 0.4) is 0 Å². The number of amides is 2. The molecule has 0 aliphatic carbocycles. The Morgan fingerprint density at radius 3 is 2.69 bits per heavy atom. The number of rotatable bonds is 5. The van der Waals surface area contributed by atoms with Gasteiger partial charge in [-0.1, -0.05) is 6.07 Å². The minimum Gasteiger partial charge on any atom is -0.378 e. The van der Waals surface area contributed by atoms with Crippen molar-refractivity contribution >= 4 is 28.6 Å². The van der Waals surface area contributed by atoms with Crippen molar-refractivity contribution in [3.63, 3.8) is 0 Å². The van der Waals surface area contributed by atoms with Crippen LogP contribution in [0.1, 0.15) is 32.4 Å². The van der Waals surface area contributed by atoms with Crippen molar-refractivity contribution < 1.29 is 4.79 Å². The zero-order chi connectivity index (χ0) is 18.5. The number of urea groups is 1. The minimum atomic E-state index is -0.321. The summed E-state index contributed by atoms with van der Waals surface area (Å²) in [5, 5.41) is 9.74. The summed E-state index contributed by atoms with van der Waals surface area (Å²) in [7, 11) is 0. The summed E-state index contributed by atoms with van der Waals surface area (Å²) >= 11 is 0. The number of hydrogen-bond donors (Lipinski definition) is 3. The molecule has 7 heteroatoms. The highest BCUT2D eigenvalue weighted by Crippen LogP contribution is 2.22. The van der Waals surface area contributed by atoms with Crippen LogP contribution in [-0.4, -0.2) is 27.0 Å². The molecule has 7 nitrogen and oxygen atoms in total. The lowest BCUT2D eigenvalue weighted by molar-refractivity contribution is 0.250. The van der Waals surface area contributed by atoms with Gasteiger partial charge in [0.2, 0.25) is 5.95 Å². The molecular weight excluding hydrogens is 328 g/mol. The predicted octanol–water partition coefficient (Wildman–Crippen LogP) is 3.73. The van der Waals surface area contributed by atoms with E-state index in [1.54, 1.807) is 12.4 Å². The fourth-order valence-corrected chi connectivity index (χ4v) is 2.54. The van der Waals surface area contributed by atoms with Crippen LogP contribution in [0, 0.1) is 0 Å². The van der Waals surface area contributed by atoms with E-state index in [-0.39, 0.29) is 24.1 Å². The van der Waals surface area contributed by atoms with E-state index in [4.69, 9.17) is 0 Å². The third-order valence-electron chi connectivity index (χ3n) is 3.80. The summed E-state index contributed by atoms with van der Waals surface area (Å²) in [4.78, 5) is 24.6.